The van der Waals surface area contributed by atoms with E-state index >= 15 is 0 Å². The zero-order valence-corrected chi connectivity index (χ0v) is 14.6. The molecule has 1 N–H and O–H groups in total. The lowest BCUT2D eigenvalue weighted by Gasteiger charge is -2.36. The van der Waals surface area contributed by atoms with Gasteiger partial charge in [0.2, 0.25) is 0 Å². The number of aryl methyl sites for hydroxylation is 1. The standard InChI is InChI=1S/C17H21N3O3S/c1-12-5-9-24-15(12)16(21)18-10-13-11-19-6-3-4-14(19)17(22)20(13)7-8-23-2/h3-6,9,13H,7-8,10-11H2,1-2H3,(H,18,21). The van der Waals surface area contributed by atoms with Crippen molar-refractivity contribution in [1.29, 1.82) is 0 Å². The van der Waals surface area contributed by atoms with Crippen LogP contribution < -0.4 is 5.32 Å². The number of fused-ring (bicyclic) bond motifs is 1. The Balaban J connectivity index is 1.71. The van der Waals surface area contributed by atoms with Crippen LogP contribution in [0, 0.1) is 6.92 Å². The minimum Gasteiger partial charge on any atom is -0.383 e. The van der Waals surface area contributed by atoms with Gasteiger partial charge in [-0.3, -0.25) is 9.59 Å². The summed E-state index contributed by atoms with van der Waals surface area (Å²) in [5.41, 5.74) is 1.66. The smallest absolute Gasteiger partial charge is 0.270 e. The number of nitrogens with one attached hydrogen (secondary N) is 1. The van der Waals surface area contributed by atoms with E-state index in [2.05, 4.69) is 5.32 Å². The molecule has 0 saturated heterocycles. The van der Waals surface area contributed by atoms with Crippen molar-refractivity contribution < 1.29 is 14.3 Å². The number of nitrogens with zero attached hydrogens (tertiary/aromatic N) is 2. The Morgan fingerprint density at radius 3 is 3.00 bits per heavy atom. The average molecular weight is 347 g/mol. The van der Waals surface area contributed by atoms with E-state index in [1.807, 2.05) is 41.3 Å². The highest BCUT2D eigenvalue weighted by Crippen LogP contribution is 2.19. The molecule has 1 aliphatic rings. The summed E-state index contributed by atoms with van der Waals surface area (Å²) in [7, 11) is 1.62. The molecule has 3 rings (SSSR count). The van der Waals surface area contributed by atoms with Crippen molar-refractivity contribution in [3.63, 3.8) is 0 Å². The van der Waals surface area contributed by atoms with Gasteiger partial charge in [0.1, 0.15) is 5.69 Å². The number of ether oxygens (including phenoxy) is 1. The fraction of sp³-hybridized carbons (Fsp3) is 0.412. The van der Waals surface area contributed by atoms with E-state index in [9.17, 15) is 9.59 Å². The van der Waals surface area contributed by atoms with Crippen molar-refractivity contribution in [2.24, 2.45) is 0 Å². The third-order valence-corrected chi connectivity index (χ3v) is 5.28. The summed E-state index contributed by atoms with van der Waals surface area (Å²) in [6, 6.07) is 5.54. The Kier molecular flexibility index (Phi) is 5.01. The summed E-state index contributed by atoms with van der Waals surface area (Å²) in [4.78, 5) is 27.5. The maximum atomic E-state index is 12.7. The Morgan fingerprint density at radius 1 is 1.46 bits per heavy atom. The molecule has 6 nitrogen and oxygen atoms in total. The van der Waals surface area contributed by atoms with Gasteiger partial charge in [-0.2, -0.15) is 0 Å². The summed E-state index contributed by atoms with van der Waals surface area (Å²) < 4.78 is 7.07. The molecule has 0 fully saturated rings. The summed E-state index contributed by atoms with van der Waals surface area (Å²) in [5.74, 6) is -0.102. The highest BCUT2D eigenvalue weighted by Gasteiger charge is 2.32. The first-order chi connectivity index (χ1) is 11.6. The van der Waals surface area contributed by atoms with E-state index < -0.39 is 0 Å². The molecule has 0 radical (unpaired) electrons. The maximum Gasteiger partial charge on any atom is 0.270 e. The number of carbonyl (C=O) groups excluding carboxylic acids is 2. The summed E-state index contributed by atoms with van der Waals surface area (Å²) >= 11 is 1.43. The van der Waals surface area contributed by atoms with Crippen LogP contribution in [-0.2, 0) is 11.3 Å². The number of thiophene rings is 1. The molecule has 0 saturated carbocycles. The molecule has 0 spiro atoms. The zero-order chi connectivity index (χ0) is 17.1. The van der Waals surface area contributed by atoms with Gasteiger partial charge in [-0.15, -0.1) is 11.3 Å². The van der Waals surface area contributed by atoms with E-state index in [4.69, 9.17) is 4.74 Å². The highest BCUT2D eigenvalue weighted by molar-refractivity contribution is 7.12. The molecule has 2 aromatic heterocycles. The molecule has 3 heterocycles. The predicted molar refractivity (Wildman–Crippen MR) is 92.5 cm³/mol. The van der Waals surface area contributed by atoms with Gasteiger partial charge in [-0.05, 0) is 36.1 Å². The molecule has 1 atom stereocenters. The van der Waals surface area contributed by atoms with Gasteiger partial charge < -0.3 is 19.5 Å². The molecule has 1 aliphatic heterocycles. The van der Waals surface area contributed by atoms with Crippen molar-refractivity contribution in [2.75, 3.05) is 26.8 Å². The second kappa shape index (κ2) is 7.19. The molecular weight excluding hydrogens is 326 g/mol. The van der Waals surface area contributed by atoms with Gasteiger partial charge in [0, 0.05) is 32.9 Å². The van der Waals surface area contributed by atoms with Crippen LogP contribution in [0.1, 0.15) is 25.7 Å². The van der Waals surface area contributed by atoms with Gasteiger partial charge in [0.25, 0.3) is 11.8 Å². The Labute approximate surface area is 145 Å². The number of hydrogen-bond donors (Lipinski definition) is 1. The number of carbonyl (C=O) groups is 2. The van der Waals surface area contributed by atoms with E-state index in [0.717, 1.165) is 10.4 Å². The van der Waals surface area contributed by atoms with Crippen molar-refractivity contribution in [2.45, 2.75) is 19.5 Å². The quantitative estimate of drug-likeness (QED) is 0.866. The fourth-order valence-corrected chi connectivity index (χ4v) is 3.79. The molecule has 0 bridgehead atoms. The van der Waals surface area contributed by atoms with Crippen molar-refractivity contribution in [1.82, 2.24) is 14.8 Å². The van der Waals surface area contributed by atoms with Crippen LogP contribution in [0.15, 0.2) is 29.8 Å². The number of aromatic nitrogens is 1. The molecule has 1 unspecified atom stereocenters. The SMILES string of the molecule is COCCN1C(=O)c2cccn2CC1CNC(=O)c1sccc1C. The van der Waals surface area contributed by atoms with Crippen LogP contribution in [-0.4, -0.2) is 54.1 Å². The Morgan fingerprint density at radius 2 is 2.29 bits per heavy atom. The van der Waals surface area contributed by atoms with Crippen LogP contribution in [0.2, 0.25) is 0 Å². The molecular formula is C17H21N3O3S. The number of amides is 2. The van der Waals surface area contributed by atoms with Gasteiger partial charge in [0.15, 0.2) is 0 Å². The highest BCUT2D eigenvalue weighted by atomic mass is 32.1. The van der Waals surface area contributed by atoms with Crippen LogP contribution in [0.5, 0.6) is 0 Å². The second-order valence-electron chi connectivity index (χ2n) is 5.83. The third kappa shape index (κ3) is 3.22. The first-order valence-electron chi connectivity index (χ1n) is 7.89. The number of hydrogen-bond acceptors (Lipinski definition) is 4. The van der Waals surface area contributed by atoms with Crippen molar-refractivity contribution in [3.05, 3.63) is 45.9 Å². The maximum absolute atomic E-state index is 12.7. The van der Waals surface area contributed by atoms with Gasteiger partial charge in [-0.1, -0.05) is 0 Å². The largest absolute Gasteiger partial charge is 0.383 e. The summed E-state index contributed by atoms with van der Waals surface area (Å²) in [6.45, 7) is 4.00. The van der Waals surface area contributed by atoms with Crippen LogP contribution in [0.25, 0.3) is 0 Å². The predicted octanol–water partition coefficient (Wildman–Crippen LogP) is 1.76. The van der Waals surface area contributed by atoms with E-state index in [0.29, 0.717) is 31.9 Å². The van der Waals surface area contributed by atoms with Crippen LogP contribution in [0.3, 0.4) is 0 Å². The average Bonchev–Trinajstić information content (AvgIpc) is 3.20. The normalized spacial score (nSPS) is 17.0. The van der Waals surface area contributed by atoms with Gasteiger partial charge in [-0.25, -0.2) is 0 Å². The second-order valence-corrected chi connectivity index (χ2v) is 6.75. The third-order valence-electron chi connectivity index (χ3n) is 4.26. The molecule has 7 heteroatoms. The Hall–Kier alpha value is -2.12. The lowest BCUT2D eigenvalue weighted by molar-refractivity contribution is 0.0504. The summed E-state index contributed by atoms with van der Waals surface area (Å²) in [6.07, 6.45) is 1.90. The van der Waals surface area contributed by atoms with Crippen molar-refractivity contribution >= 4 is 23.2 Å². The minimum absolute atomic E-state index is 0.0187. The van der Waals surface area contributed by atoms with E-state index in [1.165, 1.54) is 11.3 Å². The molecule has 128 valence electrons. The lowest BCUT2D eigenvalue weighted by atomic mass is 10.1. The molecule has 0 aromatic carbocycles. The van der Waals surface area contributed by atoms with E-state index in [1.54, 1.807) is 12.0 Å². The summed E-state index contributed by atoms with van der Waals surface area (Å²) in [5, 5.41) is 4.88. The minimum atomic E-state index is -0.0863. The molecule has 0 aliphatic carbocycles. The zero-order valence-electron chi connectivity index (χ0n) is 13.8. The monoisotopic (exact) mass is 347 g/mol. The van der Waals surface area contributed by atoms with Gasteiger partial charge >= 0.3 is 0 Å². The first-order valence-corrected chi connectivity index (χ1v) is 8.77. The number of rotatable bonds is 6. The molecule has 2 amide bonds. The molecule has 2 aromatic rings. The van der Waals surface area contributed by atoms with E-state index in [-0.39, 0.29) is 17.9 Å². The van der Waals surface area contributed by atoms with Crippen molar-refractivity contribution in [3.8, 4) is 0 Å². The van der Waals surface area contributed by atoms with Gasteiger partial charge in [0.05, 0.1) is 17.5 Å². The lowest BCUT2D eigenvalue weighted by Crippen LogP contribution is -2.53. The Bertz CT molecular complexity index is 737. The molecule has 24 heavy (non-hydrogen) atoms. The van der Waals surface area contributed by atoms with Crippen LogP contribution >= 0.6 is 11.3 Å². The topological polar surface area (TPSA) is 63.6 Å². The first kappa shape index (κ1) is 16.7. The van der Waals surface area contributed by atoms with Crippen LogP contribution in [0.4, 0.5) is 0 Å². The number of methoxy groups -OCH3 is 1. The fourth-order valence-electron chi connectivity index (χ4n) is 2.95.